The summed E-state index contributed by atoms with van der Waals surface area (Å²) >= 11 is 0. The minimum absolute atomic E-state index is 0.000995. The van der Waals surface area contributed by atoms with Gasteiger partial charge in [0.05, 0.1) is 0 Å². The first-order valence-electron chi connectivity index (χ1n) is 4.61. The molecule has 0 radical (unpaired) electrons. The number of carbonyl (C=O) groups is 1. The molecule has 0 N–H and O–H groups in total. The average Bonchev–Trinajstić information content (AvgIpc) is 1.84. The van der Waals surface area contributed by atoms with Crippen molar-refractivity contribution >= 4 is 5.78 Å². The second-order valence-corrected chi connectivity index (χ2v) is 4.21. The number of ketones is 1. The first-order chi connectivity index (χ1) is 5.39. The summed E-state index contributed by atoms with van der Waals surface area (Å²) < 4.78 is 0. The zero-order valence-electron chi connectivity index (χ0n) is 8.90. The molecule has 1 heteroatoms. The Hall–Kier alpha value is -0.590. The number of hydrogen-bond donors (Lipinski definition) is 0. The van der Waals surface area contributed by atoms with Crippen molar-refractivity contribution in [2.24, 2.45) is 5.41 Å². The van der Waals surface area contributed by atoms with Crippen LogP contribution in [0.3, 0.4) is 0 Å². The molecule has 0 unspecified atom stereocenters. The van der Waals surface area contributed by atoms with Gasteiger partial charge in [-0.2, -0.15) is 0 Å². The quantitative estimate of drug-likeness (QED) is 0.591. The Morgan fingerprint density at radius 1 is 1.33 bits per heavy atom. The lowest BCUT2D eigenvalue weighted by atomic mass is 9.83. The van der Waals surface area contributed by atoms with Gasteiger partial charge in [0.1, 0.15) is 0 Å². The van der Waals surface area contributed by atoms with Gasteiger partial charge in [-0.15, -0.1) is 0 Å². The highest BCUT2D eigenvalue weighted by Gasteiger charge is 2.19. The highest BCUT2D eigenvalue weighted by Crippen LogP contribution is 2.26. The molecule has 0 aromatic carbocycles. The van der Waals surface area contributed by atoms with Crippen LogP contribution in [0.25, 0.3) is 0 Å². The standard InChI is InChI=1S/C11H20O/c1-6-7-8-10(9(2)12)11(3,4)5/h8H,6-7H2,1-5H3/b10-8-. The van der Waals surface area contributed by atoms with E-state index in [-0.39, 0.29) is 11.2 Å². The maximum atomic E-state index is 11.2. The van der Waals surface area contributed by atoms with Crippen LogP contribution in [-0.4, -0.2) is 5.78 Å². The molecule has 0 fully saturated rings. The average molecular weight is 168 g/mol. The number of allylic oxidation sites excluding steroid dienone is 2. The monoisotopic (exact) mass is 168 g/mol. The van der Waals surface area contributed by atoms with Crippen molar-refractivity contribution in [3.8, 4) is 0 Å². The molecular weight excluding hydrogens is 148 g/mol. The molecule has 0 aromatic heterocycles. The highest BCUT2D eigenvalue weighted by molar-refractivity contribution is 5.94. The van der Waals surface area contributed by atoms with Gasteiger partial charge >= 0.3 is 0 Å². The fraction of sp³-hybridized carbons (Fsp3) is 0.727. The van der Waals surface area contributed by atoms with Gasteiger partial charge in [-0.25, -0.2) is 0 Å². The third-order valence-corrected chi connectivity index (χ3v) is 1.82. The normalized spacial score (nSPS) is 13.2. The zero-order chi connectivity index (χ0) is 9.78. The summed E-state index contributed by atoms with van der Waals surface area (Å²) in [5, 5.41) is 0. The Kier molecular flexibility index (Phi) is 4.22. The highest BCUT2D eigenvalue weighted by atomic mass is 16.1. The topological polar surface area (TPSA) is 17.1 Å². The van der Waals surface area contributed by atoms with Crippen LogP contribution in [0.1, 0.15) is 47.5 Å². The second-order valence-electron chi connectivity index (χ2n) is 4.21. The number of rotatable bonds is 3. The van der Waals surface area contributed by atoms with E-state index in [1.165, 1.54) is 0 Å². The zero-order valence-corrected chi connectivity index (χ0v) is 8.90. The number of unbranched alkanes of at least 4 members (excludes halogenated alkanes) is 1. The van der Waals surface area contributed by atoms with E-state index in [1.54, 1.807) is 6.92 Å². The predicted molar refractivity (Wildman–Crippen MR) is 53.1 cm³/mol. The smallest absolute Gasteiger partial charge is 0.156 e. The third kappa shape index (κ3) is 3.70. The maximum Gasteiger partial charge on any atom is 0.156 e. The summed E-state index contributed by atoms with van der Waals surface area (Å²) in [5.74, 6) is 0.205. The summed E-state index contributed by atoms with van der Waals surface area (Å²) in [4.78, 5) is 11.2. The largest absolute Gasteiger partial charge is 0.295 e. The van der Waals surface area contributed by atoms with Crippen molar-refractivity contribution in [3.05, 3.63) is 11.6 Å². The van der Waals surface area contributed by atoms with Crippen LogP contribution >= 0.6 is 0 Å². The molecule has 12 heavy (non-hydrogen) atoms. The van der Waals surface area contributed by atoms with Gasteiger partial charge in [-0.1, -0.05) is 40.2 Å². The molecule has 0 saturated heterocycles. The Balaban J connectivity index is 4.56. The second kappa shape index (κ2) is 4.44. The lowest BCUT2D eigenvalue weighted by Crippen LogP contribution is -2.15. The van der Waals surface area contributed by atoms with Gasteiger partial charge in [-0.05, 0) is 24.3 Å². The molecule has 0 bridgehead atoms. The van der Waals surface area contributed by atoms with Crippen LogP contribution in [0.4, 0.5) is 0 Å². The molecule has 0 amide bonds. The number of Topliss-reactive ketones (excluding diaryl/α,β-unsaturated/α-hetero) is 1. The summed E-state index contributed by atoms with van der Waals surface area (Å²) in [6.45, 7) is 10.0. The molecule has 0 atom stereocenters. The molecular formula is C11H20O. The molecule has 0 aliphatic rings. The third-order valence-electron chi connectivity index (χ3n) is 1.82. The lowest BCUT2D eigenvalue weighted by Gasteiger charge is -2.20. The Morgan fingerprint density at radius 2 is 1.83 bits per heavy atom. The Morgan fingerprint density at radius 3 is 2.08 bits per heavy atom. The minimum Gasteiger partial charge on any atom is -0.295 e. The summed E-state index contributed by atoms with van der Waals surface area (Å²) in [5.41, 5.74) is 0.963. The summed E-state index contributed by atoms with van der Waals surface area (Å²) in [7, 11) is 0. The molecule has 0 heterocycles. The van der Waals surface area contributed by atoms with Crippen molar-refractivity contribution in [1.82, 2.24) is 0 Å². The summed E-state index contributed by atoms with van der Waals surface area (Å²) in [6, 6.07) is 0. The lowest BCUT2D eigenvalue weighted by molar-refractivity contribution is -0.114. The molecule has 0 aliphatic carbocycles. The van der Waals surface area contributed by atoms with E-state index in [1.807, 2.05) is 0 Å². The SMILES string of the molecule is CCC/C=C(/C(C)=O)C(C)(C)C. The van der Waals surface area contributed by atoms with Crippen LogP contribution in [0, 0.1) is 5.41 Å². The molecule has 0 aromatic rings. The molecule has 0 rings (SSSR count). The van der Waals surface area contributed by atoms with Crippen LogP contribution in [0.2, 0.25) is 0 Å². The fourth-order valence-electron chi connectivity index (χ4n) is 1.27. The molecule has 1 nitrogen and oxygen atoms in total. The fourth-order valence-corrected chi connectivity index (χ4v) is 1.27. The van der Waals surface area contributed by atoms with E-state index in [4.69, 9.17) is 0 Å². The van der Waals surface area contributed by atoms with E-state index in [0.717, 1.165) is 18.4 Å². The van der Waals surface area contributed by atoms with Crippen molar-refractivity contribution in [1.29, 1.82) is 0 Å². The first-order valence-corrected chi connectivity index (χ1v) is 4.61. The predicted octanol–water partition coefficient (Wildman–Crippen LogP) is 3.35. The minimum atomic E-state index is 0.000995. The van der Waals surface area contributed by atoms with Crippen molar-refractivity contribution < 1.29 is 4.79 Å². The number of hydrogen-bond acceptors (Lipinski definition) is 1. The Labute approximate surface area is 75.9 Å². The summed E-state index contributed by atoms with van der Waals surface area (Å²) in [6.07, 6.45) is 4.18. The molecule has 0 spiro atoms. The van der Waals surface area contributed by atoms with Crippen LogP contribution < -0.4 is 0 Å². The van der Waals surface area contributed by atoms with E-state index >= 15 is 0 Å². The first kappa shape index (κ1) is 11.4. The van der Waals surface area contributed by atoms with Gasteiger partial charge in [0, 0.05) is 0 Å². The van der Waals surface area contributed by atoms with Gasteiger partial charge in [-0.3, -0.25) is 4.79 Å². The van der Waals surface area contributed by atoms with Crippen molar-refractivity contribution in [3.63, 3.8) is 0 Å². The van der Waals surface area contributed by atoms with Gasteiger partial charge in [0.2, 0.25) is 0 Å². The maximum absolute atomic E-state index is 11.2. The van der Waals surface area contributed by atoms with E-state index in [0.29, 0.717) is 0 Å². The van der Waals surface area contributed by atoms with E-state index < -0.39 is 0 Å². The van der Waals surface area contributed by atoms with Crippen molar-refractivity contribution in [2.45, 2.75) is 47.5 Å². The molecule has 0 aliphatic heterocycles. The van der Waals surface area contributed by atoms with Gasteiger partial charge in [0.25, 0.3) is 0 Å². The molecule has 70 valence electrons. The van der Waals surface area contributed by atoms with Crippen LogP contribution in [0.15, 0.2) is 11.6 Å². The van der Waals surface area contributed by atoms with Crippen LogP contribution in [0.5, 0.6) is 0 Å². The van der Waals surface area contributed by atoms with Crippen molar-refractivity contribution in [2.75, 3.05) is 0 Å². The Bertz CT molecular complexity index is 182. The van der Waals surface area contributed by atoms with E-state index in [2.05, 4.69) is 33.8 Å². The van der Waals surface area contributed by atoms with Crippen LogP contribution in [-0.2, 0) is 4.79 Å². The molecule has 0 saturated carbocycles. The van der Waals surface area contributed by atoms with E-state index in [9.17, 15) is 4.79 Å². The van der Waals surface area contributed by atoms with Gasteiger partial charge in [0.15, 0.2) is 5.78 Å². The van der Waals surface area contributed by atoms with Gasteiger partial charge < -0.3 is 0 Å². The number of carbonyl (C=O) groups excluding carboxylic acids is 1.